The van der Waals surface area contributed by atoms with Crippen LogP contribution < -0.4 is 16.0 Å². The van der Waals surface area contributed by atoms with Crippen LogP contribution in [0.15, 0.2) is 30.5 Å². The number of hydrogen-bond acceptors (Lipinski definition) is 5. The van der Waals surface area contributed by atoms with E-state index in [0.717, 1.165) is 11.1 Å². The zero-order valence-corrected chi connectivity index (χ0v) is 10.1. The number of anilines is 2. The number of rotatable bonds is 1. The van der Waals surface area contributed by atoms with Crippen molar-refractivity contribution in [2.24, 2.45) is 0 Å². The second kappa shape index (κ2) is 4.24. The number of imide groups is 1. The summed E-state index contributed by atoms with van der Waals surface area (Å²) in [6.07, 6.45) is 1.66. The Bertz CT molecular complexity index is 667. The van der Waals surface area contributed by atoms with Crippen molar-refractivity contribution in [2.45, 2.75) is 0 Å². The number of carbonyl (C=O) groups excluding carboxylic acids is 2. The van der Waals surface area contributed by atoms with E-state index < -0.39 is 0 Å². The van der Waals surface area contributed by atoms with E-state index in [0.29, 0.717) is 11.2 Å². The Morgan fingerprint density at radius 2 is 1.89 bits per heavy atom. The molecule has 0 radical (unpaired) electrons. The van der Waals surface area contributed by atoms with Gasteiger partial charge in [-0.1, -0.05) is 0 Å². The molecule has 1 aromatic carbocycles. The molecule has 0 spiro atoms. The van der Waals surface area contributed by atoms with Crippen LogP contribution in [0, 0.1) is 0 Å². The first-order valence-corrected chi connectivity index (χ1v) is 5.86. The number of benzene rings is 1. The van der Waals surface area contributed by atoms with Crippen LogP contribution in [0.25, 0.3) is 10.9 Å². The molecule has 2 heterocycles. The van der Waals surface area contributed by atoms with Crippen molar-refractivity contribution in [3.8, 4) is 0 Å². The number of nitrogens with one attached hydrogen (secondary N) is 1. The number of nitrogens with zero attached hydrogens (tertiary/aromatic N) is 2. The predicted octanol–water partition coefficient (Wildman–Crippen LogP) is 0.280. The van der Waals surface area contributed by atoms with Crippen molar-refractivity contribution in [1.82, 2.24) is 10.3 Å². The third kappa shape index (κ3) is 1.97. The molecule has 2 amide bonds. The largest absolute Gasteiger partial charge is 0.397 e. The molecule has 6 heteroatoms. The van der Waals surface area contributed by atoms with Crippen molar-refractivity contribution in [3.63, 3.8) is 0 Å². The topological polar surface area (TPSA) is 88.3 Å². The molecule has 1 aliphatic heterocycles. The van der Waals surface area contributed by atoms with E-state index >= 15 is 0 Å². The summed E-state index contributed by atoms with van der Waals surface area (Å²) in [6.45, 7) is 0.305. The van der Waals surface area contributed by atoms with Gasteiger partial charge in [0.05, 0.1) is 24.3 Å². The minimum atomic E-state index is -0.301. The summed E-state index contributed by atoms with van der Waals surface area (Å²) in [5, 5.41) is 3.12. The molecule has 1 aromatic heterocycles. The Balaban J connectivity index is 2.12. The summed E-state index contributed by atoms with van der Waals surface area (Å²) in [6, 6.07) is 7.23. The lowest BCUT2D eigenvalue weighted by molar-refractivity contribution is -0.130. The van der Waals surface area contributed by atoms with Crippen LogP contribution in [-0.4, -0.2) is 29.9 Å². The molecule has 19 heavy (non-hydrogen) atoms. The first-order chi connectivity index (χ1) is 9.15. The van der Waals surface area contributed by atoms with Crippen LogP contribution in [-0.2, 0) is 9.59 Å². The van der Waals surface area contributed by atoms with E-state index in [1.807, 2.05) is 12.1 Å². The smallest absolute Gasteiger partial charge is 0.246 e. The Morgan fingerprint density at radius 1 is 1.16 bits per heavy atom. The standard InChI is InChI=1S/C13H12N4O2/c14-9-3-4-10(8-2-1-5-15-13(8)9)17-6-11(18)16-12(19)7-17/h1-5H,6-7,14H2,(H,16,18,19). The maximum atomic E-state index is 11.4. The normalized spacial score (nSPS) is 15.7. The fraction of sp³-hybridized carbons (Fsp3) is 0.154. The SMILES string of the molecule is Nc1ccc(N2CC(=O)NC(=O)C2)c2cccnc12. The lowest BCUT2D eigenvalue weighted by Crippen LogP contribution is -2.51. The summed E-state index contributed by atoms with van der Waals surface area (Å²) in [5.74, 6) is -0.602. The summed E-state index contributed by atoms with van der Waals surface area (Å²) in [7, 11) is 0. The molecule has 6 nitrogen and oxygen atoms in total. The van der Waals surface area contributed by atoms with Crippen molar-refractivity contribution in [3.05, 3.63) is 30.5 Å². The summed E-state index contributed by atoms with van der Waals surface area (Å²) >= 11 is 0. The molecule has 96 valence electrons. The quantitative estimate of drug-likeness (QED) is 0.565. The van der Waals surface area contributed by atoms with Gasteiger partial charge in [-0.05, 0) is 24.3 Å². The molecule has 0 saturated carbocycles. The van der Waals surface area contributed by atoms with E-state index in [9.17, 15) is 9.59 Å². The highest BCUT2D eigenvalue weighted by molar-refractivity contribution is 6.06. The molecular formula is C13H12N4O2. The van der Waals surface area contributed by atoms with E-state index in [1.54, 1.807) is 23.2 Å². The maximum absolute atomic E-state index is 11.4. The summed E-state index contributed by atoms with van der Waals surface area (Å²) in [4.78, 5) is 28.9. The van der Waals surface area contributed by atoms with Gasteiger partial charge >= 0.3 is 0 Å². The number of amides is 2. The molecule has 0 aliphatic carbocycles. The highest BCUT2D eigenvalue weighted by Gasteiger charge is 2.24. The third-order valence-corrected chi connectivity index (χ3v) is 3.07. The summed E-state index contributed by atoms with van der Waals surface area (Å²) in [5.41, 5.74) is 7.93. The van der Waals surface area contributed by atoms with E-state index in [1.165, 1.54) is 0 Å². The Hall–Kier alpha value is -2.63. The maximum Gasteiger partial charge on any atom is 0.246 e. The minimum Gasteiger partial charge on any atom is -0.397 e. The lowest BCUT2D eigenvalue weighted by atomic mass is 10.1. The number of carbonyl (C=O) groups is 2. The van der Waals surface area contributed by atoms with Gasteiger partial charge in [0.1, 0.15) is 0 Å². The van der Waals surface area contributed by atoms with Gasteiger partial charge < -0.3 is 10.6 Å². The van der Waals surface area contributed by atoms with Gasteiger partial charge in [0.25, 0.3) is 0 Å². The van der Waals surface area contributed by atoms with Crippen LogP contribution in [0.2, 0.25) is 0 Å². The van der Waals surface area contributed by atoms with Gasteiger partial charge in [-0.2, -0.15) is 0 Å². The molecular weight excluding hydrogens is 244 g/mol. The summed E-state index contributed by atoms with van der Waals surface area (Å²) < 4.78 is 0. The second-order valence-electron chi connectivity index (χ2n) is 4.40. The molecule has 3 N–H and O–H groups in total. The number of nitrogens with two attached hydrogens (primary N) is 1. The average molecular weight is 256 g/mol. The first kappa shape index (κ1) is 11.5. The van der Waals surface area contributed by atoms with Crippen LogP contribution in [0.1, 0.15) is 0 Å². The number of hydrogen-bond donors (Lipinski definition) is 2. The van der Waals surface area contributed by atoms with Crippen molar-refractivity contribution in [1.29, 1.82) is 0 Å². The number of aromatic nitrogens is 1. The number of piperazine rings is 1. The van der Waals surface area contributed by atoms with Crippen LogP contribution >= 0.6 is 0 Å². The zero-order chi connectivity index (χ0) is 13.4. The van der Waals surface area contributed by atoms with Crippen LogP contribution in [0.5, 0.6) is 0 Å². The van der Waals surface area contributed by atoms with Gasteiger partial charge in [0, 0.05) is 17.3 Å². The van der Waals surface area contributed by atoms with Gasteiger partial charge in [-0.15, -0.1) is 0 Å². The van der Waals surface area contributed by atoms with E-state index in [2.05, 4.69) is 10.3 Å². The molecule has 0 bridgehead atoms. The Labute approximate surface area is 109 Å². The highest BCUT2D eigenvalue weighted by atomic mass is 16.2. The molecule has 1 fully saturated rings. The van der Waals surface area contributed by atoms with E-state index in [-0.39, 0.29) is 24.9 Å². The second-order valence-corrected chi connectivity index (χ2v) is 4.40. The molecule has 1 saturated heterocycles. The number of fused-ring (bicyclic) bond motifs is 1. The predicted molar refractivity (Wildman–Crippen MR) is 71.5 cm³/mol. The molecule has 0 unspecified atom stereocenters. The van der Waals surface area contributed by atoms with Crippen LogP contribution in [0.4, 0.5) is 11.4 Å². The number of pyridine rings is 1. The molecule has 2 aromatic rings. The third-order valence-electron chi connectivity index (χ3n) is 3.07. The monoisotopic (exact) mass is 256 g/mol. The first-order valence-electron chi connectivity index (χ1n) is 5.86. The van der Waals surface area contributed by atoms with Crippen molar-refractivity contribution >= 4 is 34.1 Å². The van der Waals surface area contributed by atoms with Gasteiger partial charge in [-0.3, -0.25) is 19.9 Å². The van der Waals surface area contributed by atoms with E-state index in [4.69, 9.17) is 5.73 Å². The highest BCUT2D eigenvalue weighted by Crippen LogP contribution is 2.29. The zero-order valence-electron chi connectivity index (χ0n) is 10.1. The van der Waals surface area contributed by atoms with Crippen LogP contribution in [0.3, 0.4) is 0 Å². The Kier molecular flexibility index (Phi) is 2.56. The molecule has 1 aliphatic rings. The molecule has 0 atom stereocenters. The van der Waals surface area contributed by atoms with Gasteiger partial charge in [0.2, 0.25) is 11.8 Å². The fourth-order valence-electron chi connectivity index (χ4n) is 2.26. The fourth-order valence-corrected chi connectivity index (χ4v) is 2.26. The average Bonchev–Trinajstić information content (AvgIpc) is 2.38. The van der Waals surface area contributed by atoms with Crippen molar-refractivity contribution < 1.29 is 9.59 Å². The molecule has 3 rings (SSSR count). The number of nitrogen functional groups attached to an aromatic ring is 1. The Morgan fingerprint density at radius 3 is 2.63 bits per heavy atom. The van der Waals surface area contributed by atoms with Crippen molar-refractivity contribution in [2.75, 3.05) is 23.7 Å². The van der Waals surface area contributed by atoms with Gasteiger partial charge in [-0.25, -0.2) is 0 Å². The van der Waals surface area contributed by atoms with Gasteiger partial charge in [0.15, 0.2) is 0 Å². The lowest BCUT2D eigenvalue weighted by Gasteiger charge is -2.28. The minimum absolute atomic E-state index is 0.152.